The number of carbonyl (C=O) groups is 2. The number of alkyl halides is 3. The van der Waals surface area contributed by atoms with Gasteiger partial charge >= 0.3 is 6.18 Å². The standard InChI is InChI=1S/C18H16BF3N4O2/c1-26(16(28)13-5-4-12(19)6-14(13)10-2-3-10)9-15(27)25-17-23-7-11(8-24-17)18(20,21)22/h4-8,10H,2-3,9H2,1H3,(H,23,24,25,27). The number of benzene rings is 1. The first-order valence-electron chi connectivity index (χ1n) is 8.49. The molecule has 1 aliphatic carbocycles. The molecule has 1 aromatic carbocycles. The molecule has 3 rings (SSSR count). The van der Waals surface area contributed by atoms with Gasteiger partial charge in [0.05, 0.1) is 12.1 Å². The Bertz CT molecular complexity index is 899. The number of hydrogen-bond donors (Lipinski definition) is 1. The fraction of sp³-hybridized carbons (Fsp3) is 0.333. The molecule has 6 nitrogen and oxygen atoms in total. The molecule has 1 aromatic heterocycles. The third-order valence-corrected chi connectivity index (χ3v) is 4.28. The lowest BCUT2D eigenvalue weighted by Gasteiger charge is -2.19. The van der Waals surface area contributed by atoms with Crippen molar-refractivity contribution in [1.82, 2.24) is 14.9 Å². The van der Waals surface area contributed by atoms with E-state index in [1.807, 2.05) is 0 Å². The number of rotatable bonds is 5. The minimum Gasteiger partial charge on any atom is -0.332 e. The van der Waals surface area contributed by atoms with Gasteiger partial charge in [0.15, 0.2) is 0 Å². The summed E-state index contributed by atoms with van der Waals surface area (Å²) < 4.78 is 37.5. The van der Waals surface area contributed by atoms with Gasteiger partial charge in [-0.25, -0.2) is 9.97 Å². The van der Waals surface area contributed by atoms with Gasteiger partial charge in [-0.05, 0) is 30.4 Å². The number of aromatic nitrogens is 2. The van der Waals surface area contributed by atoms with E-state index < -0.39 is 17.6 Å². The molecule has 2 amide bonds. The Hall–Kier alpha value is -2.91. The highest BCUT2D eigenvalue weighted by molar-refractivity contribution is 6.32. The van der Waals surface area contributed by atoms with Gasteiger partial charge in [0.2, 0.25) is 11.9 Å². The molecular formula is C18H16BF3N4O2. The van der Waals surface area contributed by atoms with E-state index in [2.05, 4.69) is 15.3 Å². The van der Waals surface area contributed by atoms with Crippen LogP contribution >= 0.6 is 0 Å². The monoisotopic (exact) mass is 388 g/mol. The van der Waals surface area contributed by atoms with E-state index in [1.165, 1.54) is 11.9 Å². The van der Waals surface area contributed by atoms with E-state index in [0.29, 0.717) is 29.3 Å². The van der Waals surface area contributed by atoms with Crippen molar-refractivity contribution in [1.29, 1.82) is 0 Å². The lowest BCUT2D eigenvalue weighted by Crippen LogP contribution is -2.35. The molecule has 0 atom stereocenters. The number of halogens is 3. The van der Waals surface area contributed by atoms with Crippen LogP contribution in [0.3, 0.4) is 0 Å². The summed E-state index contributed by atoms with van der Waals surface area (Å²) >= 11 is 0. The third-order valence-electron chi connectivity index (χ3n) is 4.28. The highest BCUT2D eigenvalue weighted by atomic mass is 19.4. The summed E-state index contributed by atoms with van der Waals surface area (Å²) in [6.07, 6.45) is -1.44. The average Bonchev–Trinajstić information content (AvgIpc) is 3.45. The average molecular weight is 388 g/mol. The molecule has 2 aromatic rings. The number of amides is 2. The predicted octanol–water partition coefficient (Wildman–Crippen LogP) is 1.88. The van der Waals surface area contributed by atoms with Crippen molar-refractivity contribution in [2.45, 2.75) is 24.9 Å². The van der Waals surface area contributed by atoms with Crippen molar-refractivity contribution < 1.29 is 22.8 Å². The van der Waals surface area contributed by atoms with Crippen LogP contribution in [0, 0.1) is 0 Å². The van der Waals surface area contributed by atoms with E-state index in [4.69, 9.17) is 7.85 Å². The molecule has 1 fully saturated rings. The molecule has 2 radical (unpaired) electrons. The predicted molar refractivity (Wildman–Crippen MR) is 96.4 cm³/mol. The van der Waals surface area contributed by atoms with Crippen LogP contribution in [0.25, 0.3) is 0 Å². The van der Waals surface area contributed by atoms with Crippen molar-refractivity contribution in [3.05, 3.63) is 47.3 Å². The van der Waals surface area contributed by atoms with Gasteiger partial charge in [-0.3, -0.25) is 14.9 Å². The van der Waals surface area contributed by atoms with Gasteiger partial charge in [0.1, 0.15) is 7.85 Å². The minimum atomic E-state index is -4.56. The lowest BCUT2D eigenvalue weighted by molar-refractivity contribution is -0.138. The van der Waals surface area contributed by atoms with Crippen LogP contribution in [0.2, 0.25) is 0 Å². The van der Waals surface area contributed by atoms with Gasteiger partial charge < -0.3 is 4.90 Å². The first-order chi connectivity index (χ1) is 13.1. The second kappa shape index (κ2) is 7.61. The molecule has 144 valence electrons. The maximum Gasteiger partial charge on any atom is 0.419 e. The smallest absolute Gasteiger partial charge is 0.332 e. The SMILES string of the molecule is [B]c1ccc(C(=O)N(C)CC(=O)Nc2ncc(C(F)(F)F)cn2)c(C2CC2)c1. The maximum atomic E-state index is 12.7. The van der Waals surface area contributed by atoms with Crippen molar-refractivity contribution in [3.63, 3.8) is 0 Å². The summed E-state index contributed by atoms with van der Waals surface area (Å²) in [6.45, 7) is -0.308. The fourth-order valence-electron chi connectivity index (χ4n) is 2.70. The third kappa shape index (κ3) is 4.68. The van der Waals surface area contributed by atoms with Crippen LogP contribution in [0.5, 0.6) is 0 Å². The molecule has 1 aliphatic rings. The highest BCUT2D eigenvalue weighted by Gasteiger charge is 2.31. The molecular weight excluding hydrogens is 372 g/mol. The Kier molecular flexibility index (Phi) is 5.39. The van der Waals surface area contributed by atoms with E-state index >= 15 is 0 Å². The Balaban J connectivity index is 1.63. The number of nitrogens with zero attached hydrogens (tertiary/aromatic N) is 3. The number of likely N-dealkylation sites (N-methyl/N-ethyl adjacent to an activating group) is 1. The summed E-state index contributed by atoms with van der Waals surface area (Å²) in [7, 11) is 7.26. The van der Waals surface area contributed by atoms with Crippen LogP contribution in [0.1, 0.15) is 40.2 Å². The molecule has 0 aliphatic heterocycles. The molecule has 28 heavy (non-hydrogen) atoms. The summed E-state index contributed by atoms with van der Waals surface area (Å²) in [6, 6.07) is 5.04. The Morgan fingerprint density at radius 2 is 1.89 bits per heavy atom. The quantitative estimate of drug-likeness (QED) is 0.794. The van der Waals surface area contributed by atoms with Crippen molar-refractivity contribution in [2.75, 3.05) is 18.9 Å². The summed E-state index contributed by atoms with van der Waals surface area (Å²) in [5.74, 6) is -0.945. The Morgan fingerprint density at radius 3 is 2.46 bits per heavy atom. The maximum absolute atomic E-state index is 12.7. The number of anilines is 1. The van der Waals surface area contributed by atoms with E-state index in [0.717, 1.165) is 18.4 Å². The Labute approximate surface area is 160 Å². The highest BCUT2D eigenvalue weighted by Crippen LogP contribution is 2.41. The largest absolute Gasteiger partial charge is 0.419 e. The van der Waals surface area contributed by atoms with E-state index in [1.54, 1.807) is 18.2 Å². The summed E-state index contributed by atoms with van der Waals surface area (Å²) in [5, 5.41) is 2.27. The van der Waals surface area contributed by atoms with Crippen LogP contribution in [0.15, 0.2) is 30.6 Å². The van der Waals surface area contributed by atoms with Crippen LogP contribution in [0.4, 0.5) is 19.1 Å². The number of carbonyl (C=O) groups excluding carboxylic acids is 2. The zero-order valence-electron chi connectivity index (χ0n) is 15.0. The molecule has 0 saturated heterocycles. The van der Waals surface area contributed by atoms with Gasteiger partial charge in [-0.1, -0.05) is 17.6 Å². The van der Waals surface area contributed by atoms with Crippen molar-refractivity contribution >= 4 is 31.1 Å². The zero-order chi connectivity index (χ0) is 20.5. The van der Waals surface area contributed by atoms with Crippen LogP contribution in [-0.2, 0) is 11.0 Å². The normalized spacial score (nSPS) is 13.9. The first kappa shape index (κ1) is 19.8. The van der Waals surface area contributed by atoms with Gasteiger partial charge in [0, 0.05) is 25.0 Å². The van der Waals surface area contributed by atoms with Gasteiger partial charge in [0.25, 0.3) is 5.91 Å². The van der Waals surface area contributed by atoms with Gasteiger partial charge in [-0.2, -0.15) is 13.2 Å². The zero-order valence-corrected chi connectivity index (χ0v) is 15.0. The number of nitrogens with one attached hydrogen (secondary N) is 1. The second-order valence-corrected chi connectivity index (χ2v) is 6.62. The summed E-state index contributed by atoms with van der Waals surface area (Å²) in [4.78, 5) is 33.0. The first-order valence-corrected chi connectivity index (χ1v) is 8.49. The molecule has 0 bridgehead atoms. The molecule has 10 heteroatoms. The molecule has 1 heterocycles. The fourth-order valence-corrected chi connectivity index (χ4v) is 2.70. The van der Waals surface area contributed by atoms with Crippen molar-refractivity contribution in [3.8, 4) is 0 Å². The topological polar surface area (TPSA) is 75.2 Å². The van der Waals surface area contributed by atoms with Crippen LogP contribution in [-0.4, -0.2) is 48.1 Å². The minimum absolute atomic E-state index is 0.273. The lowest BCUT2D eigenvalue weighted by atomic mass is 9.90. The molecule has 0 spiro atoms. The Morgan fingerprint density at radius 1 is 1.25 bits per heavy atom. The van der Waals surface area contributed by atoms with Gasteiger partial charge in [-0.15, -0.1) is 0 Å². The second-order valence-electron chi connectivity index (χ2n) is 6.62. The van der Waals surface area contributed by atoms with E-state index in [9.17, 15) is 22.8 Å². The molecule has 1 N–H and O–H groups in total. The molecule has 1 saturated carbocycles. The number of hydrogen-bond acceptors (Lipinski definition) is 4. The molecule has 0 unspecified atom stereocenters. The van der Waals surface area contributed by atoms with Crippen LogP contribution < -0.4 is 10.8 Å². The van der Waals surface area contributed by atoms with Crippen molar-refractivity contribution in [2.24, 2.45) is 0 Å². The summed E-state index contributed by atoms with van der Waals surface area (Å²) in [5.41, 5.74) is 0.896. The van der Waals surface area contributed by atoms with E-state index in [-0.39, 0.29) is 18.4 Å².